The number of phenols is 3. The van der Waals surface area contributed by atoms with Crippen molar-refractivity contribution in [3.05, 3.63) is 46.8 Å². The van der Waals surface area contributed by atoms with Crippen LogP contribution in [0.2, 0.25) is 0 Å². The molecule has 3 aromatic rings. The molecule has 0 atom stereocenters. The number of aromatic hydroxyl groups is 3. The first-order valence-electron chi connectivity index (χ1n) is 6.36. The molecule has 112 valence electrons. The fraction of sp³-hybridized carbons (Fsp3) is 0.0625. The fourth-order valence-electron chi connectivity index (χ4n) is 2.27. The Labute approximate surface area is 124 Å². The van der Waals surface area contributed by atoms with Crippen LogP contribution in [0.25, 0.3) is 22.1 Å². The molecule has 22 heavy (non-hydrogen) atoms. The molecule has 3 N–H and O–H groups in total. The van der Waals surface area contributed by atoms with Gasteiger partial charge in [0.1, 0.15) is 40.2 Å². The summed E-state index contributed by atoms with van der Waals surface area (Å²) in [6.07, 6.45) is 1.17. The number of rotatable bonds is 2. The van der Waals surface area contributed by atoms with E-state index in [4.69, 9.17) is 9.15 Å². The molecular weight excluding hydrogens is 288 g/mol. The predicted octanol–water partition coefficient (Wildman–Crippen LogP) is 2.59. The third kappa shape index (κ3) is 2.10. The van der Waals surface area contributed by atoms with Crippen LogP contribution in [0.1, 0.15) is 0 Å². The summed E-state index contributed by atoms with van der Waals surface area (Å²) in [5.74, 6) is -0.310. The van der Waals surface area contributed by atoms with Crippen LogP contribution in [0, 0.1) is 0 Å². The van der Waals surface area contributed by atoms with Gasteiger partial charge in [-0.1, -0.05) is 0 Å². The Kier molecular flexibility index (Phi) is 3.14. The van der Waals surface area contributed by atoms with E-state index in [0.717, 1.165) is 6.07 Å². The van der Waals surface area contributed by atoms with E-state index in [1.807, 2.05) is 0 Å². The van der Waals surface area contributed by atoms with Gasteiger partial charge in [0.2, 0.25) is 5.43 Å². The molecule has 3 rings (SSSR count). The van der Waals surface area contributed by atoms with E-state index in [1.165, 1.54) is 31.6 Å². The minimum absolute atomic E-state index is 0.0549. The summed E-state index contributed by atoms with van der Waals surface area (Å²) in [7, 11) is 1.46. The van der Waals surface area contributed by atoms with E-state index in [0.29, 0.717) is 5.75 Å². The lowest BCUT2D eigenvalue weighted by molar-refractivity contribution is 0.408. The van der Waals surface area contributed by atoms with Crippen molar-refractivity contribution >= 4 is 11.0 Å². The molecular formula is C16H12O6. The molecule has 0 bridgehead atoms. The van der Waals surface area contributed by atoms with Gasteiger partial charge in [-0.15, -0.1) is 0 Å². The van der Waals surface area contributed by atoms with Crippen molar-refractivity contribution in [2.75, 3.05) is 7.11 Å². The molecule has 6 heteroatoms. The van der Waals surface area contributed by atoms with E-state index < -0.39 is 11.2 Å². The van der Waals surface area contributed by atoms with Crippen molar-refractivity contribution in [2.45, 2.75) is 0 Å². The molecule has 6 nitrogen and oxygen atoms in total. The number of methoxy groups -OCH3 is 1. The molecule has 0 saturated heterocycles. The van der Waals surface area contributed by atoms with Crippen LogP contribution < -0.4 is 10.2 Å². The lowest BCUT2D eigenvalue weighted by Gasteiger charge is -2.08. The maximum Gasteiger partial charge on any atom is 0.204 e. The van der Waals surface area contributed by atoms with E-state index in [-0.39, 0.29) is 33.6 Å². The first kappa shape index (κ1) is 13.8. The van der Waals surface area contributed by atoms with E-state index >= 15 is 0 Å². The average molecular weight is 300 g/mol. The van der Waals surface area contributed by atoms with Gasteiger partial charge in [-0.25, -0.2) is 0 Å². The van der Waals surface area contributed by atoms with Gasteiger partial charge in [0.15, 0.2) is 0 Å². The van der Waals surface area contributed by atoms with E-state index in [9.17, 15) is 20.1 Å². The Morgan fingerprint density at radius 1 is 1.00 bits per heavy atom. The topological polar surface area (TPSA) is 100 Å². The zero-order chi connectivity index (χ0) is 15.9. The predicted molar refractivity (Wildman–Crippen MR) is 79.5 cm³/mol. The summed E-state index contributed by atoms with van der Waals surface area (Å²) in [6.45, 7) is 0. The SMILES string of the molecule is COc1ccc(-c2coc3cc(O)cc(O)c3c2=O)c(O)c1. The highest BCUT2D eigenvalue weighted by Crippen LogP contribution is 2.34. The Morgan fingerprint density at radius 2 is 1.77 bits per heavy atom. The maximum absolute atomic E-state index is 12.5. The van der Waals surface area contributed by atoms with Crippen molar-refractivity contribution < 1.29 is 24.5 Å². The van der Waals surface area contributed by atoms with Crippen molar-refractivity contribution in [3.8, 4) is 34.1 Å². The smallest absolute Gasteiger partial charge is 0.204 e. The van der Waals surface area contributed by atoms with Gasteiger partial charge in [0, 0.05) is 23.8 Å². The first-order valence-corrected chi connectivity index (χ1v) is 6.36. The molecule has 0 amide bonds. The second kappa shape index (κ2) is 5.00. The summed E-state index contributed by atoms with van der Waals surface area (Å²) in [6, 6.07) is 6.76. The Hall–Kier alpha value is -3.15. The average Bonchev–Trinajstić information content (AvgIpc) is 2.47. The van der Waals surface area contributed by atoms with Crippen molar-refractivity contribution in [2.24, 2.45) is 0 Å². The van der Waals surface area contributed by atoms with Crippen molar-refractivity contribution in [1.29, 1.82) is 0 Å². The van der Waals surface area contributed by atoms with Crippen LogP contribution in [-0.4, -0.2) is 22.4 Å². The Balaban J connectivity index is 2.29. The summed E-state index contributed by atoms with van der Waals surface area (Å²) >= 11 is 0. The highest BCUT2D eigenvalue weighted by atomic mass is 16.5. The van der Waals surface area contributed by atoms with Gasteiger partial charge in [0.25, 0.3) is 0 Å². The zero-order valence-corrected chi connectivity index (χ0v) is 11.5. The molecule has 2 aromatic carbocycles. The monoisotopic (exact) mass is 300 g/mol. The lowest BCUT2D eigenvalue weighted by Crippen LogP contribution is -2.05. The standard InChI is InChI=1S/C16H12O6/c1-21-9-2-3-10(12(18)6-9)11-7-22-14-5-8(17)4-13(19)15(14)16(11)20/h2-7,17-19H,1H3. The van der Waals surface area contributed by atoms with Crippen LogP contribution in [0.5, 0.6) is 23.0 Å². The van der Waals surface area contributed by atoms with E-state index in [1.54, 1.807) is 6.07 Å². The highest BCUT2D eigenvalue weighted by Gasteiger charge is 2.16. The molecule has 0 aliphatic heterocycles. The van der Waals surface area contributed by atoms with Crippen molar-refractivity contribution in [1.82, 2.24) is 0 Å². The second-order valence-electron chi connectivity index (χ2n) is 4.70. The van der Waals surface area contributed by atoms with E-state index in [2.05, 4.69) is 0 Å². The van der Waals surface area contributed by atoms with Crippen LogP contribution in [0.15, 0.2) is 45.8 Å². The summed E-state index contributed by atoms with van der Waals surface area (Å²) in [5, 5.41) is 29.2. The van der Waals surface area contributed by atoms with Crippen LogP contribution in [0.3, 0.4) is 0 Å². The number of hydrogen-bond donors (Lipinski definition) is 3. The number of phenolic OH excluding ortho intramolecular Hbond substituents is 3. The molecule has 1 aromatic heterocycles. The molecule has 0 aliphatic carbocycles. The van der Waals surface area contributed by atoms with Crippen molar-refractivity contribution in [3.63, 3.8) is 0 Å². The molecule has 0 saturated carbocycles. The summed E-state index contributed by atoms with van der Waals surface area (Å²) < 4.78 is 10.3. The normalized spacial score (nSPS) is 10.8. The number of hydrogen-bond acceptors (Lipinski definition) is 6. The molecule has 1 heterocycles. The Morgan fingerprint density at radius 3 is 2.45 bits per heavy atom. The van der Waals surface area contributed by atoms with Crippen LogP contribution in [0.4, 0.5) is 0 Å². The fourth-order valence-corrected chi connectivity index (χ4v) is 2.27. The molecule has 0 spiro atoms. The van der Waals surface area contributed by atoms with Gasteiger partial charge < -0.3 is 24.5 Å². The maximum atomic E-state index is 12.5. The molecule has 0 fully saturated rings. The second-order valence-corrected chi connectivity index (χ2v) is 4.70. The highest BCUT2D eigenvalue weighted by molar-refractivity contribution is 5.88. The first-order chi connectivity index (χ1) is 10.5. The van der Waals surface area contributed by atoms with Gasteiger partial charge in [-0.2, -0.15) is 0 Å². The van der Waals surface area contributed by atoms with Crippen LogP contribution >= 0.6 is 0 Å². The van der Waals surface area contributed by atoms with Crippen LogP contribution in [-0.2, 0) is 0 Å². The summed E-state index contributed by atoms with van der Waals surface area (Å²) in [4.78, 5) is 12.5. The lowest BCUT2D eigenvalue weighted by atomic mass is 10.0. The third-order valence-electron chi connectivity index (χ3n) is 3.34. The summed E-state index contributed by atoms with van der Waals surface area (Å²) in [5.41, 5.74) is -0.115. The molecule has 0 radical (unpaired) electrons. The van der Waals surface area contributed by atoms with Gasteiger partial charge in [-0.3, -0.25) is 4.79 Å². The molecule has 0 aliphatic rings. The Bertz CT molecular complexity index is 926. The number of ether oxygens (including phenoxy) is 1. The zero-order valence-electron chi connectivity index (χ0n) is 11.5. The van der Waals surface area contributed by atoms with Gasteiger partial charge in [-0.05, 0) is 12.1 Å². The third-order valence-corrected chi connectivity index (χ3v) is 3.34. The molecule has 0 unspecified atom stereocenters. The minimum atomic E-state index is -0.515. The van der Waals surface area contributed by atoms with Gasteiger partial charge >= 0.3 is 0 Å². The number of benzene rings is 2. The number of fused-ring (bicyclic) bond motifs is 1. The minimum Gasteiger partial charge on any atom is -0.508 e. The quantitative estimate of drug-likeness (QED) is 0.672. The largest absolute Gasteiger partial charge is 0.508 e. The van der Waals surface area contributed by atoms with Gasteiger partial charge in [0.05, 0.1) is 12.7 Å².